The van der Waals surface area contributed by atoms with Crippen LogP contribution in [0.2, 0.25) is 0 Å². The number of benzene rings is 3. The van der Waals surface area contributed by atoms with E-state index in [1.165, 1.54) is 5.56 Å². The van der Waals surface area contributed by atoms with Crippen molar-refractivity contribution in [2.24, 2.45) is 0 Å². The zero-order valence-electron chi connectivity index (χ0n) is 17.8. The normalized spacial score (nSPS) is 10.2. The molecule has 0 atom stereocenters. The van der Waals surface area contributed by atoms with E-state index in [0.29, 0.717) is 24.7 Å². The smallest absolute Gasteiger partial charge is 0.243 e. The number of anilines is 2. The molecule has 0 aromatic heterocycles. The molecular weight excluding hydrogens is 388 g/mol. The number of carbonyl (C=O) groups is 1. The molecule has 0 saturated heterocycles. The van der Waals surface area contributed by atoms with Crippen molar-refractivity contribution in [3.8, 4) is 11.5 Å². The molecule has 5 nitrogen and oxygen atoms in total. The second kappa shape index (κ2) is 11.5. The fraction of sp³-hybridized carbons (Fsp3) is 0.192. The van der Waals surface area contributed by atoms with Crippen LogP contribution < -0.4 is 20.1 Å². The number of carbonyl (C=O) groups excluding carboxylic acids is 1. The predicted molar refractivity (Wildman–Crippen MR) is 126 cm³/mol. The van der Waals surface area contributed by atoms with Crippen molar-refractivity contribution in [1.82, 2.24) is 0 Å². The first-order valence-corrected chi connectivity index (χ1v) is 10.3. The van der Waals surface area contributed by atoms with Crippen LogP contribution in [0.25, 0.3) is 0 Å². The zero-order chi connectivity index (χ0) is 21.9. The standard InChI is InChI=1S/C26H28N2O3/c1-20(2)19-31-25-11-7-6-10-24(25)27-18-26(29)28-22-12-14-23(15-13-22)30-17-16-21-8-4-3-5-9-21/h3-15,27H,1,16-19H2,2H3,(H,28,29). The maximum Gasteiger partial charge on any atom is 0.243 e. The highest BCUT2D eigenvalue weighted by atomic mass is 16.5. The Kier molecular flexibility index (Phi) is 8.12. The molecule has 0 aliphatic carbocycles. The Morgan fingerprint density at radius 3 is 2.35 bits per heavy atom. The summed E-state index contributed by atoms with van der Waals surface area (Å²) in [6.45, 7) is 6.91. The minimum atomic E-state index is -0.146. The lowest BCUT2D eigenvalue weighted by atomic mass is 10.2. The van der Waals surface area contributed by atoms with E-state index in [9.17, 15) is 4.79 Å². The van der Waals surface area contributed by atoms with Gasteiger partial charge in [-0.2, -0.15) is 0 Å². The van der Waals surface area contributed by atoms with Crippen LogP contribution in [-0.4, -0.2) is 25.7 Å². The fourth-order valence-corrected chi connectivity index (χ4v) is 2.89. The topological polar surface area (TPSA) is 59.6 Å². The van der Waals surface area contributed by atoms with Gasteiger partial charge in [0.25, 0.3) is 0 Å². The van der Waals surface area contributed by atoms with Crippen molar-refractivity contribution >= 4 is 17.3 Å². The third-order valence-electron chi connectivity index (χ3n) is 4.44. The van der Waals surface area contributed by atoms with Crippen LogP contribution >= 0.6 is 0 Å². The number of para-hydroxylation sites is 2. The van der Waals surface area contributed by atoms with Crippen molar-refractivity contribution < 1.29 is 14.3 Å². The minimum absolute atomic E-state index is 0.128. The molecule has 3 rings (SSSR count). The molecule has 0 unspecified atom stereocenters. The average molecular weight is 417 g/mol. The van der Waals surface area contributed by atoms with Crippen LogP contribution in [0.15, 0.2) is 91.0 Å². The van der Waals surface area contributed by atoms with Gasteiger partial charge in [-0.1, -0.05) is 49.0 Å². The first-order chi connectivity index (χ1) is 15.1. The fourth-order valence-electron chi connectivity index (χ4n) is 2.89. The Labute approximate surface area is 183 Å². The van der Waals surface area contributed by atoms with Gasteiger partial charge in [-0.05, 0) is 54.5 Å². The largest absolute Gasteiger partial charge is 0.493 e. The van der Waals surface area contributed by atoms with E-state index in [-0.39, 0.29) is 12.5 Å². The van der Waals surface area contributed by atoms with Crippen molar-refractivity contribution in [2.45, 2.75) is 13.3 Å². The van der Waals surface area contributed by atoms with E-state index in [4.69, 9.17) is 9.47 Å². The Hall–Kier alpha value is -3.73. The summed E-state index contributed by atoms with van der Waals surface area (Å²) >= 11 is 0. The number of rotatable bonds is 11. The van der Waals surface area contributed by atoms with E-state index in [2.05, 4.69) is 29.3 Å². The molecule has 0 heterocycles. The summed E-state index contributed by atoms with van der Waals surface area (Å²) in [5.74, 6) is 1.32. The maximum absolute atomic E-state index is 12.3. The summed E-state index contributed by atoms with van der Waals surface area (Å²) in [6, 6.07) is 25.1. The Balaban J connectivity index is 1.44. The summed E-state index contributed by atoms with van der Waals surface area (Å²) in [7, 11) is 0. The number of nitrogens with one attached hydrogen (secondary N) is 2. The molecular formula is C26H28N2O3. The van der Waals surface area contributed by atoms with Gasteiger partial charge < -0.3 is 20.1 Å². The second-order valence-electron chi connectivity index (χ2n) is 7.25. The van der Waals surface area contributed by atoms with E-state index in [1.54, 1.807) is 0 Å². The van der Waals surface area contributed by atoms with Crippen LogP contribution in [0.5, 0.6) is 11.5 Å². The molecule has 160 valence electrons. The highest BCUT2D eigenvalue weighted by Gasteiger charge is 2.07. The third kappa shape index (κ3) is 7.55. The monoisotopic (exact) mass is 416 g/mol. The molecule has 0 bridgehead atoms. The number of hydrogen-bond donors (Lipinski definition) is 2. The summed E-state index contributed by atoms with van der Waals surface area (Å²) in [6.07, 6.45) is 0.850. The molecule has 2 N–H and O–H groups in total. The van der Waals surface area contributed by atoms with Crippen molar-refractivity contribution in [2.75, 3.05) is 30.4 Å². The van der Waals surface area contributed by atoms with Gasteiger partial charge in [0.1, 0.15) is 18.1 Å². The van der Waals surface area contributed by atoms with Gasteiger partial charge in [0.05, 0.1) is 18.8 Å². The van der Waals surface area contributed by atoms with Crippen LogP contribution in [0.3, 0.4) is 0 Å². The third-order valence-corrected chi connectivity index (χ3v) is 4.44. The van der Waals surface area contributed by atoms with E-state index >= 15 is 0 Å². The molecule has 5 heteroatoms. The van der Waals surface area contributed by atoms with Gasteiger partial charge in [0.2, 0.25) is 5.91 Å². The first kappa shape index (κ1) is 22.0. The average Bonchev–Trinajstić information content (AvgIpc) is 2.79. The molecule has 0 fully saturated rings. The molecule has 3 aromatic carbocycles. The lowest BCUT2D eigenvalue weighted by molar-refractivity contribution is -0.114. The summed E-state index contributed by atoms with van der Waals surface area (Å²) < 4.78 is 11.5. The van der Waals surface area contributed by atoms with Crippen LogP contribution in [-0.2, 0) is 11.2 Å². The van der Waals surface area contributed by atoms with Gasteiger partial charge in [-0.25, -0.2) is 0 Å². The molecule has 0 spiro atoms. The molecule has 0 aliphatic heterocycles. The highest BCUT2D eigenvalue weighted by Crippen LogP contribution is 2.24. The van der Waals surface area contributed by atoms with Crippen molar-refractivity contribution in [3.63, 3.8) is 0 Å². The molecule has 0 saturated carbocycles. The zero-order valence-corrected chi connectivity index (χ0v) is 17.8. The Morgan fingerprint density at radius 2 is 1.61 bits per heavy atom. The van der Waals surface area contributed by atoms with Gasteiger partial charge in [0, 0.05) is 12.1 Å². The second-order valence-corrected chi connectivity index (χ2v) is 7.25. The summed E-state index contributed by atoms with van der Waals surface area (Å²) in [5.41, 5.74) is 3.65. The number of amides is 1. The molecule has 0 aliphatic rings. The Bertz CT molecular complexity index is 985. The van der Waals surface area contributed by atoms with E-state index < -0.39 is 0 Å². The number of ether oxygens (including phenoxy) is 2. The molecule has 1 amide bonds. The maximum atomic E-state index is 12.3. The van der Waals surface area contributed by atoms with E-state index in [1.807, 2.05) is 73.7 Å². The summed E-state index contributed by atoms with van der Waals surface area (Å²) in [5, 5.41) is 6.00. The lowest BCUT2D eigenvalue weighted by Gasteiger charge is -2.13. The lowest BCUT2D eigenvalue weighted by Crippen LogP contribution is -2.22. The van der Waals surface area contributed by atoms with Crippen LogP contribution in [0.4, 0.5) is 11.4 Å². The summed E-state index contributed by atoms with van der Waals surface area (Å²) in [4.78, 5) is 12.3. The molecule has 31 heavy (non-hydrogen) atoms. The minimum Gasteiger partial charge on any atom is -0.493 e. The Morgan fingerprint density at radius 1 is 0.903 bits per heavy atom. The van der Waals surface area contributed by atoms with Gasteiger partial charge in [-0.3, -0.25) is 4.79 Å². The van der Waals surface area contributed by atoms with Crippen LogP contribution in [0.1, 0.15) is 12.5 Å². The molecule has 3 aromatic rings. The van der Waals surface area contributed by atoms with Gasteiger partial charge >= 0.3 is 0 Å². The SMILES string of the molecule is C=C(C)COc1ccccc1NCC(=O)Nc1ccc(OCCc2ccccc2)cc1. The van der Waals surface area contributed by atoms with Crippen molar-refractivity contribution in [3.05, 3.63) is 96.6 Å². The van der Waals surface area contributed by atoms with E-state index in [0.717, 1.165) is 23.4 Å². The van der Waals surface area contributed by atoms with Gasteiger partial charge in [0.15, 0.2) is 0 Å². The highest BCUT2D eigenvalue weighted by molar-refractivity contribution is 5.94. The first-order valence-electron chi connectivity index (χ1n) is 10.3. The number of hydrogen-bond acceptors (Lipinski definition) is 4. The molecule has 0 radical (unpaired) electrons. The van der Waals surface area contributed by atoms with Crippen molar-refractivity contribution in [1.29, 1.82) is 0 Å². The van der Waals surface area contributed by atoms with Crippen LogP contribution in [0, 0.1) is 0 Å². The quantitative estimate of drug-likeness (QED) is 0.416. The van der Waals surface area contributed by atoms with Gasteiger partial charge in [-0.15, -0.1) is 0 Å². The predicted octanol–water partition coefficient (Wildman–Crippen LogP) is 5.31.